The van der Waals surface area contributed by atoms with Crippen molar-refractivity contribution in [2.45, 2.75) is 71.7 Å². The zero-order chi connectivity index (χ0) is 17.6. The first-order valence-electron chi connectivity index (χ1n) is 7.81. The lowest BCUT2D eigenvalue weighted by Gasteiger charge is -2.36. The number of hydrogen-bond acceptors (Lipinski definition) is 5. The molecular formula is C16H32O5Si. The number of carbonyl (C=O) groups excluding carboxylic acids is 2. The van der Waals surface area contributed by atoms with Crippen molar-refractivity contribution in [1.82, 2.24) is 0 Å². The maximum absolute atomic E-state index is 11.6. The molecule has 0 rings (SSSR count). The molecule has 0 aromatic rings. The van der Waals surface area contributed by atoms with E-state index in [0.717, 1.165) is 6.42 Å². The van der Waals surface area contributed by atoms with E-state index in [1.807, 2.05) is 0 Å². The first kappa shape index (κ1) is 21.1. The molecule has 0 radical (unpaired) electrons. The lowest BCUT2D eigenvalue weighted by Crippen LogP contribution is -2.41. The highest BCUT2D eigenvalue weighted by molar-refractivity contribution is 6.74. The number of hydrogen-bond donors (Lipinski definition) is 0. The van der Waals surface area contributed by atoms with Crippen LogP contribution in [-0.4, -0.2) is 40.1 Å². The Hall–Kier alpha value is -0.883. The van der Waals surface area contributed by atoms with Crippen LogP contribution in [0, 0.1) is 5.92 Å². The van der Waals surface area contributed by atoms with Gasteiger partial charge in [-0.05, 0) is 37.9 Å². The summed E-state index contributed by atoms with van der Waals surface area (Å²) in [5.74, 6) is -1.22. The predicted molar refractivity (Wildman–Crippen MR) is 89.1 cm³/mol. The van der Waals surface area contributed by atoms with E-state index in [1.54, 1.807) is 6.92 Å². The third kappa shape index (κ3) is 6.92. The van der Waals surface area contributed by atoms with Crippen LogP contribution >= 0.6 is 0 Å². The Morgan fingerprint density at radius 3 is 2.14 bits per heavy atom. The predicted octanol–water partition coefficient (Wildman–Crippen LogP) is 3.53. The zero-order valence-electron chi connectivity index (χ0n) is 15.3. The summed E-state index contributed by atoms with van der Waals surface area (Å²) in [6.45, 7) is 14.7. The van der Waals surface area contributed by atoms with Crippen LogP contribution in [0.4, 0.5) is 0 Å². The lowest BCUT2D eigenvalue weighted by molar-refractivity contribution is -0.158. The van der Waals surface area contributed by atoms with Gasteiger partial charge in [0.1, 0.15) is 6.10 Å². The van der Waals surface area contributed by atoms with Crippen molar-refractivity contribution in [3.63, 3.8) is 0 Å². The average molecular weight is 333 g/mol. The van der Waals surface area contributed by atoms with E-state index in [1.165, 1.54) is 14.0 Å². The van der Waals surface area contributed by atoms with Crippen LogP contribution < -0.4 is 0 Å². The summed E-state index contributed by atoms with van der Waals surface area (Å²) in [6, 6.07) is 0. The summed E-state index contributed by atoms with van der Waals surface area (Å²) in [5, 5.41) is 0.168. The molecule has 0 aromatic heterocycles. The van der Waals surface area contributed by atoms with Crippen molar-refractivity contribution in [1.29, 1.82) is 0 Å². The van der Waals surface area contributed by atoms with Crippen LogP contribution in [0.15, 0.2) is 0 Å². The highest BCUT2D eigenvalue weighted by atomic mass is 28.4. The largest absolute Gasteiger partial charge is 0.469 e. The SMILES string of the molecule is COC(=O)C(C)C(CCCO[Si](C)(C)C(C)(C)C)OC(C)=O. The van der Waals surface area contributed by atoms with Gasteiger partial charge in [-0.15, -0.1) is 0 Å². The van der Waals surface area contributed by atoms with Gasteiger partial charge in [-0.25, -0.2) is 0 Å². The molecular weight excluding hydrogens is 300 g/mol. The van der Waals surface area contributed by atoms with E-state index in [2.05, 4.69) is 33.9 Å². The minimum Gasteiger partial charge on any atom is -0.469 e. The Kier molecular flexibility index (Phi) is 8.32. The number of methoxy groups -OCH3 is 1. The fraction of sp³-hybridized carbons (Fsp3) is 0.875. The van der Waals surface area contributed by atoms with Crippen molar-refractivity contribution < 1.29 is 23.5 Å². The van der Waals surface area contributed by atoms with Crippen molar-refractivity contribution >= 4 is 20.3 Å². The molecule has 0 aliphatic carbocycles. The van der Waals surface area contributed by atoms with E-state index < -0.39 is 20.3 Å². The first-order chi connectivity index (χ1) is 9.92. The molecule has 22 heavy (non-hydrogen) atoms. The van der Waals surface area contributed by atoms with Gasteiger partial charge in [0.2, 0.25) is 0 Å². The Balaban J connectivity index is 4.47. The van der Waals surface area contributed by atoms with E-state index in [4.69, 9.17) is 13.9 Å². The van der Waals surface area contributed by atoms with E-state index in [0.29, 0.717) is 13.0 Å². The molecule has 0 amide bonds. The Labute approximate surface area is 135 Å². The van der Waals surface area contributed by atoms with E-state index in [9.17, 15) is 9.59 Å². The second-order valence-electron chi connectivity index (χ2n) is 7.21. The second-order valence-corrected chi connectivity index (χ2v) is 12.0. The highest BCUT2D eigenvalue weighted by Gasteiger charge is 2.37. The maximum Gasteiger partial charge on any atom is 0.312 e. The molecule has 0 heterocycles. The monoisotopic (exact) mass is 332 g/mol. The average Bonchev–Trinajstić information content (AvgIpc) is 2.38. The minimum atomic E-state index is -1.76. The molecule has 0 spiro atoms. The molecule has 0 aliphatic heterocycles. The standard InChI is InChI=1S/C16H32O5Si/c1-12(15(18)19-6)14(21-13(2)17)10-9-11-20-22(7,8)16(3,4)5/h12,14H,9-11H2,1-8H3. The molecule has 6 heteroatoms. The number of ether oxygens (including phenoxy) is 2. The fourth-order valence-electron chi connectivity index (χ4n) is 1.79. The van der Waals surface area contributed by atoms with Gasteiger partial charge in [-0.1, -0.05) is 20.8 Å². The minimum absolute atomic E-state index is 0.168. The van der Waals surface area contributed by atoms with Crippen LogP contribution in [0.3, 0.4) is 0 Å². The molecule has 0 N–H and O–H groups in total. The summed E-state index contributed by atoms with van der Waals surface area (Å²) in [7, 11) is -0.427. The van der Waals surface area contributed by atoms with Crippen molar-refractivity contribution in [2.75, 3.05) is 13.7 Å². The second kappa shape index (κ2) is 8.67. The van der Waals surface area contributed by atoms with Crippen LogP contribution in [0.1, 0.15) is 47.5 Å². The molecule has 5 nitrogen and oxygen atoms in total. The van der Waals surface area contributed by atoms with Gasteiger partial charge in [0, 0.05) is 13.5 Å². The van der Waals surface area contributed by atoms with Crippen LogP contribution in [0.25, 0.3) is 0 Å². The fourth-order valence-corrected chi connectivity index (χ4v) is 2.88. The molecule has 2 unspecified atom stereocenters. The van der Waals surface area contributed by atoms with Crippen molar-refractivity contribution in [3.05, 3.63) is 0 Å². The summed E-state index contributed by atoms with van der Waals surface area (Å²) >= 11 is 0. The molecule has 0 bridgehead atoms. The number of carbonyl (C=O) groups is 2. The summed E-state index contributed by atoms with van der Waals surface area (Å²) in [5.41, 5.74) is 0. The third-order valence-electron chi connectivity index (χ3n) is 4.35. The first-order valence-corrected chi connectivity index (χ1v) is 10.7. The van der Waals surface area contributed by atoms with Crippen molar-refractivity contribution in [3.8, 4) is 0 Å². The lowest BCUT2D eigenvalue weighted by atomic mass is 10.0. The molecule has 2 atom stereocenters. The van der Waals surface area contributed by atoms with Gasteiger partial charge >= 0.3 is 11.9 Å². The van der Waals surface area contributed by atoms with Crippen LogP contribution in [0.5, 0.6) is 0 Å². The summed E-state index contributed by atoms with van der Waals surface area (Å²) in [4.78, 5) is 22.8. The van der Waals surface area contributed by atoms with Gasteiger partial charge in [-0.2, -0.15) is 0 Å². The summed E-state index contributed by atoms with van der Waals surface area (Å²) < 4.78 is 16.1. The van der Waals surface area contributed by atoms with Crippen molar-refractivity contribution in [2.24, 2.45) is 5.92 Å². The molecule has 130 valence electrons. The van der Waals surface area contributed by atoms with Crippen LogP contribution in [-0.2, 0) is 23.5 Å². The molecule has 0 aliphatic rings. The van der Waals surface area contributed by atoms with Crippen LogP contribution in [0.2, 0.25) is 18.1 Å². The number of esters is 2. The molecule has 0 aromatic carbocycles. The molecule has 0 fully saturated rings. The normalized spacial score (nSPS) is 15.1. The smallest absolute Gasteiger partial charge is 0.312 e. The maximum atomic E-state index is 11.6. The molecule has 0 saturated heterocycles. The Morgan fingerprint density at radius 1 is 1.18 bits per heavy atom. The Morgan fingerprint density at radius 2 is 1.73 bits per heavy atom. The summed E-state index contributed by atoms with van der Waals surface area (Å²) in [6.07, 6.45) is 0.865. The van der Waals surface area contributed by atoms with Gasteiger partial charge < -0.3 is 13.9 Å². The molecule has 0 saturated carbocycles. The number of rotatable bonds is 8. The van der Waals surface area contributed by atoms with Gasteiger partial charge in [-0.3, -0.25) is 9.59 Å². The van der Waals surface area contributed by atoms with E-state index in [-0.39, 0.29) is 17.0 Å². The third-order valence-corrected chi connectivity index (χ3v) is 8.89. The highest BCUT2D eigenvalue weighted by Crippen LogP contribution is 2.36. The van der Waals surface area contributed by atoms with Gasteiger partial charge in [0.25, 0.3) is 0 Å². The quantitative estimate of drug-likeness (QED) is 0.386. The topological polar surface area (TPSA) is 61.8 Å². The van der Waals surface area contributed by atoms with E-state index >= 15 is 0 Å². The van der Waals surface area contributed by atoms with Gasteiger partial charge in [0.05, 0.1) is 13.0 Å². The Bertz CT molecular complexity index is 373. The zero-order valence-corrected chi connectivity index (χ0v) is 16.3. The van der Waals surface area contributed by atoms with Gasteiger partial charge in [0.15, 0.2) is 8.32 Å².